The Kier molecular flexibility index (Phi) is 1.85. The van der Waals surface area contributed by atoms with E-state index < -0.39 is 0 Å². The summed E-state index contributed by atoms with van der Waals surface area (Å²) in [7, 11) is 0. The molecule has 1 aromatic carbocycles. The van der Waals surface area contributed by atoms with Gasteiger partial charge < -0.3 is 5.73 Å². The molecule has 0 bridgehead atoms. The number of rotatable bonds is 2. The van der Waals surface area contributed by atoms with E-state index in [1.165, 1.54) is 28.5 Å². The molecule has 0 saturated heterocycles. The largest absolute Gasteiger partial charge is 0.326 e. The van der Waals surface area contributed by atoms with E-state index in [2.05, 4.69) is 24.3 Å². The summed E-state index contributed by atoms with van der Waals surface area (Å²) in [6, 6.07) is 8.90. The second kappa shape index (κ2) is 3.07. The van der Waals surface area contributed by atoms with Gasteiger partial charge in [0.25, 0.3) is 0 Å². The second-order valence-electron chi connectivity index (χ2n) is 4.00. The first-order valence-electron chi connectivity index (χ1n) is 5.09. The molecule has 1 fully saturated rings. The summed E-state index contributed by atoms with van der Waals surface area (Å²) in [6.07, 6.45) is 2.77. The number of nitrogens with two attached hydrogens (primary N) is 1. The maximum atomic E-state index is 5.62. The molecule has 1 heterocycles. The van der Waals surface area contributed by atoms with Gasteiger partial charge in [0, 0.05) is 16.1 Å². The highest BCUT2D eigenvalue weighted by Crippen LogP contribution is 2.45. The third-order valence-electron chi connectivity index (χ3n) is 2.82. The molecule has 0 radical (unpaired) electrons. The minimum Gasteiger partial charge on any atom is -0.326 e. The zero-order chi connectivity index (χ0) is 9.54. The molecule has 0 spiro atoms. The van der Waals surface area contributed by atoms with Crippen LogP contribution in [0.2, 0.25) is 0 Å². The lowest BCUT2D eigenvalue weighted by Crippen LogP contribution is -1.94. The molecule has 2 N–H and O–H groups in total. The summed E-state index contributed by atoms with van der Waals surface area (Å²) >= 11 is 1.94. The van der Waals surface area contributed by atoms with E-state index in [0.29, 0.717) is 6.54 Å². The van der Waals surface area contributed by atoms with Gasteiger partial charge in [0.15, 0.2) is 0 Å². The maximum absolute atomic E-state index is 5.62. The lowest BCUT2D eigenvalue weighted by molar-refractivity contribution is 1.08. The molecule has 2 heteroatoms. The Bertz CT molecular complexity index is 468. The molecule has 1 aliphatic rings. The van der Waals surface area contributed by atoms with Crippen LogP contribution in [0.1, 0.15) is 29.2 Å². The standard InChI is InChI=1S/C12H13NS/c13-7-8-1-2-10-6-12(9-3-4-9)14-11(10)5-8/h1-2,5-6,9H,3-4,7,13H2. The van der Waals surface area contributed by atoms with Crippen LogP contribution < -0.4 is 5.73 Å². The molecular formula is C12H13NS. The molecule has 1 aliphatic carbocycles. The molecule has 0 unspecified atom stereocenters. The van der Waals surface area contributed by atoms with Crippen LogP contribution in [-0.2, 0) is 6.54 Å². The minimum absolute atomic E-state index is 0.645. The van der Waals surface area contributed by atoms with Crippen molar-refractivity contribution in [1.82, 2.24) is 0 Å². The summed E-state index contributed by atoms with van der Waals surface area (Å²) < 4.78 is 1.40. The molecule has 1 saturated carbocycles. The van der Waals surface area contributed by atoms with Crippen LogP contribution in [0.25, 0.3) is 10.1 Å². The molecule has 1 aromatic heterocycles. The Morgan fingerprint density at radius 3 is 2.86 bits per heavy atom. The first kappa shape index (κ1) is 8.45. The molecule has 72 valence electrons. The molecule has 1 nitrogen and oxygen atoms in total. The van der Waals surface area contributed by atoms with Gasteiger partial charge >= 0.3 is 0 Å². The summed E-state index contributed by atoms with van der Waals surface area (Å²) in [5, 5.41) is 1.38. The number of hydrogen-bond acceptors (Lipinski definition) is 2. The van der Waals surface area contributed by atoms with Crippen molar-refractivity contribution in [1.29, 1.82) is 0 Å². The van der Waals surface area contributed by atoms with Gasteiger partial charge in [-0.25, -0.2) is 0 Å². The summed E-state index contributed by atoms with van der Waals surface area (Å²) in [5.41, 5.74) is 6.86. The van der Waals surface area contributed by atoms with Crippen molar-refractivity contribution in [2.75, 3.05) is 0 Å². The van der Waals surface area contributed by atoms with Crippen molar-refractivity contribution >= 4 is 21.4 Å². The van der Waals surface area contributed by atoms with Crippen molar-refractivity contribution in [2.45, 2.75) is 25.3 Å². The summed E-state index contributed by atoms with van der Waals surface area (Å²) in [6.45, 7) is 0.645. The van der Waals surface area contributed by atoms with Crippen LogP contribution in [0.15, 0.2) is 24.3 Å². The molecule has 0 aliphatic heterocycles. The highest BCUT2D eigenvalue weighted by atomic mass is 32.1. The van der Waals surface area contributed by atoms with Crippen molar-refractivity contribution in [3.8, 4) is 0 Å². The fourth-order valence-electron chi connectivity index (χ4n) is 1.79. The first-order valence-corrected chi connectivity index (χ1v) is 5.91. The average Bonchev–Trinajstić information content (AvgIpc) is 2.97. The van der Waals surface area contributed by atoms with E-state index in [0.717, 1.165) is 5.92 Å². The van der Waals surface area contributed by atoms with Crippen LogP contribution >= 0.6 is 11.3 Å². The first-order chi connectivity index (χ1) is 6.86. The summed E-state index contributed by atoms with van der Waals surface area (Å²) in [5.74, 6) is 0.869. The Balaban J connectivity index is 2.12. The van der Waals surface area contributed by atoms with E-state index in [-0.39, 0.29) is 0 Å². The number of fused-ring (bicyclic) bond motifs is 1. The van der Waals surface area contributed by atoms with Crippen LogP contribution in [0, 0.1) is 0 Å². The number of hydrogen-bond donors (Lipinski definition) is 1. The highest BCUT2D eigenvalue weighted by Gasteiger charge is 2.25. The van der Waals surface area contributed by atoms with Gasteiger partial charge in [-0.15, -0.1) is 11.3 Å². The normalized spacial score (nSPS) is 16.4. The van der Waals surface area contributed by atoms with E-state index in [1.807, 2.05) is 11.3 Å². The number of thiophene rings is 1. The molecule has 0 amide bonds. The Morgan fingerprint density at radius 2 is 2.14 bits per heavy atom. The average molecular weight is 203 g/mol. The van der Waals surface area contributed by atoms with Gasteiger partial charge in [0.05, 0.1) is 0 Å². The van der Waals surface area contributed by atoms with Crippen LogP contribution in [0.3, 0.4) is 0 Å². The topological polar surface area (TPSA) is 26.0 Å². The lowest BCUT2D eigenvalue weighted by atomic mass is 10.1. The maximum Gasteiger partial charge on any atom is 0.0348 e. The van der Waals surface area contributed by atoms with E-state index >= 15 is 0 Å². The minimum atomic E-state index is 0.645. The SMILES string of the molecule is NCc1ccc2cc(C3CC3)sc2c1. The van der Waals surface area contributed by atoms with Crippen molar-refractivity contribution in [3.05, 3.63) is 34.7 Å². The van der Waals surface area contributed by atoms with Gasteiger partial charge in [-0.05, 0) is 41.8 Å². The van der Waals surface area contributed by atoms with Crippen LogP contribution in [0.4, 0.5) is 0 Å². The smallest absolute Gasteiger partial charge is 0.0348 e. The molecule has 3 rings (SSSR count). The third kappa shape index (κ3) is 1.35. The van der Waals surface area contributed by atoms with E-state index in [1.54, 1.807) is 4.88 Å². The van der Waals surface area contributed by atoms with Crippen molar-refractivity contribution < 1.29 is 0 Å². The van der Waals surface area contributed by atoms with E-state index in [4.69, 9.17) is 5.73 Å². The quantitative estimate of drug-likeness (QED) is 0.796. The second-order valence-corrected chi connectivity index (χ2v) is 5.11. The Labute approximate surface area is 87.5 Å². The zero-order valence-electron chi connectivity index (χ0n) is 7.99. The van der Waals surface area contributed by atoms with Gasteiger partial charge in [-0.3, -0.25) is 0 Å². The molecule has 2 aromatic rings. The molecular weight excluding hydrogens is 190 g/mol. The monoisotopic (exact) mass is 203 g/mol. The van der Waals surface area contributed by atoms with Crippen molar-refractivity contribution in [3.63, 3.8) is 0 Å². The Morgan fingerprint density at radius 1 is 1.29 bits per heavy atom. The van der Waals surface area contributed by atoms with Crippen LogP contribution in [0.5, 0.6) is 0 Å². The highest BCUT2D eigenvalue weighted by molar-refractivity contribution is 7.19. The van der Waals surface area contributed by atoms with E-state index in [9.17, 15) is 0 Å². The number of benzene rings is 1. The van der Waals surface area contributed by atoms with Gasteiger partial charge in [0.1, 0.15) is 0 Å². The molecule has 14 heavy (non-hydrogen) atoms. The van der Waals surface area contributed by atoms with Gasteiger partial charge in [-0.1, -0.05) is 12.1 Å². The lowest BCUT2D eigenvalue weighted by Gasteiger charge is -1.94. The predicted molar refractivity (Wildman–Crippen MR) is 61.7 cm³/mol. The van der Waals surface area contributed by atoms with Crippen molar-refractivity contribution in [2.24, 2.45) is 5.73 Å². The van der Waals surface area contributed by atoms with Gasteiger partial charge in [-0.2, -0.15) is 0 Å². The third-order valence-corrected chi connectivity index (χ3v) is 4.08. The fourth-order valence-corrected chi connectivity index (χ4v) is 3.09. The Hall–Kier alpha value is -0.860. The fraction of sp³-hybridized carbons (Fsp3) is 0.333. The van der Waals surface area contributed by atoms with Crippen LogP contribution in [-0.4, -0.2) is 0 Å². The van der Waals surface area contributed by atoms with Gasteiger partial charge in [0.2, 0.25) is 0 Å². The predicted octanol–water partition coefficient (Wildman–Crippen LogP) is 3.24. The molecule has 0 atom stereocenters. The summed E-state index contributed by atoms with van der Waals surface area (Å²) in [4.78, 5) is 1.56. The zero-order valence-corrected chi connectivity index (χ0v) is 8.81.